The van der Waals surface area contributed by atoms with Crippen LogP contribution in [0.1, 0.15) is 5.56 Å². The molecule has 3 aromatic rings. The number of benzene rings is 1. The molecule has 2 aromatic heterocycles. The van der Waals surface area contributed by atoms with Crippen molar-refractivity contribution in [3.8, 4) is 11.3 Å². The number of amides is 2. The number of hydrogen-bond acceptors (Lipinski definition) is 6. The van der Waals surface area contributed by atoms with E-state index in [0.717, 1.165) is 23.5 Å². The monoisotopic (exact) mass is 496 g/mol. The molecule has 1 N–H and O–H groups in total. The van der Waals surface area contributed by atoms with Crippen LogP contribution in [-0.2, 0) is 16.7 Å². The first-order valence-electron chi connectivity index (χ1n) is 7.58. The Kier molecular flexibility index (Phi) is 8.29. The fourth-order valence-electron chi connectivity index (χ4n) is 1.89. The van der Waals surface area contributed by atoms with E-state index in [1.807, 2.05) is 0 Å². The summed E-state index contributed by atoms with van der Waals surface area (Å²) < 4.78 is 58.6. The van der Waals surface area contributed by atoms with E-state index >= 15 is 0 Å². The van der Waals surface area contributed by atoms with E-state index in [9.17, 15) is 26.4 Å². The Bertz CT molecular complexity index is 1140. The van der Waals surface area contributed by atoms with Crippen molar-refractivity contribution in [1.29, 1.82) is 0 Å². The molecular weight excluding hydrogens is 488 g/mol. The van der Waals surface area contributed by atoms with E-state index in [0.29, 0.717) is 11.3 Å². The third-order valence-corrected chi connectivity index (χ3v) is 4.50. The molecule has 0 saturated heterocycles. The first-order valence-corrected chi connectivity index (χ1v) is 10.2. The van der Waals surface area contributed by atoms with Gasteiger partial charge in [0.05, 0.1) is 11.3 Å². The molecule has 0 aliphatic rings. The second-order valence-electron chi connectivity index (χ2n) is 5.14. The molecule has 0 radical (unpaired) electrons. The molecule has 3 rings (SSSR count). The average Bonchev–Trinajstić information content (AvgIpc) is 3.09. The summed E-state index contributed by atoms with van der Waals surface area (Å²) >= 11 is 12.7. The number of anilines is 1. The Balaban J connectivity index is 0.000000269. The molecule has 14 heteroatoms. The summed E-state index contributed by atoms with van der Waals surface area (Å²) in [4.78, 5) is 19.0. The van der Waals surface area contributed by atoms with Crippen LogP contribution in [-0.4, -0.2) is 24.4 Å². The third-order valence-electron chi connectivity index (χ3n) is 3.04. The molecule has 0 fully saturated rings. The number of nitrogens with zero attached hydrogens (tertiary/aromatic N) is 3. The van der Waals surface area contributed by atoms with Gasteiger partial charge in [0, 0.05) is 10.9 Å². The van der Waals surface area contributed by atoms with E-state index in [1.54, 1.807) is 23.6 Å². The number of hydrogen-bond donors (Lipinski definition) is 1. The van der Waals surface area contributed by atoms with Crippen molar-refractivity contribution >= 4 is 56.2 Å². The minimum atomic E-state index is -4.21. The van der Waals surface area contributed by atoms with Crippen LogP contribution in [0.25, 0.3) is 11.3 Å². The summed E-state index contributed by atoms with van der Waals surface area (Å²) in [5.74, 6) is 0. The molecule has 0 aliphatic carbocycles. The normalized spacial score (nSPS) is 10.6. The molecule has 30 heavy (non-hydrogen) atoms. The van der Waals surface area contributed by atoms with Gasteiger partial charge in [0.2, 0.25) is 0 Å². The Morgan fingerprint density at radius 1 is 1.07 bits per heavy atom. The highest BCUT2D eigenvalue weighted by molar-refractivity contribution is 7.62. The summed E-state index contributed by atoms with van der Waals surface area (Å²) in [6.45, 7) is 0. The number of alkyl halides is 3. The Morgan fingerprint density at radius 3 is 2.17 bits per heavy atom. The number of carbonyl (C=O) groups is 1. The molecule has 0 bridgehead atoms. The number of thiazole rings is 1. The van der Waals surface area contributed by atoms with Gasteiger partial charge in [-0.1, -0.05) is 57.9 Å². The van der Waals surface area contributed by atoms with Gasteiger partial charge in [-0.2, -0.15) is 21.6 Å². The number of rotatable bonds is 2. The molecule has 2 amide bonds. The predicted molar refractivity (Wildman–Crippen MR) is 107 cm³/mol. The van der Waals surface area contributed by atoms with Crippen LogP contribution in [0, 0.1) is 0 Å². The minimum absolute atomic E-state index is 0.197. The predicted octanol–water partition coefficient (Wildman–Crippen LogP) is 5.81. The van der Waals surface area contributed by atoms with Crippen LogP contribution in [0.4, 0.5) is 23.1 Å². The van der Waals surface area contributed by atoms with Crippen molar-refractivity contribution in [3.63, 3.8) is 0 Å². The third kappa shape index (κ3) is 7.71. The topological polar surface area (TPSA) is 101 Å². The van der Waals surface area contributed by atoms with E-state index in [2.05, 4.69) is 19.6 Å². The zero-order valence-electron chi connectivity index (χ0n) is 14.4. The maximum absolute atomic E-state index is 11.8. The molecule has 2 heterocycles. The Labute approximate surface area is 183 Å². The van der Waals surface area contributed by atoms with Gasteiger partial charge in [-0.05, 0) is 12.1 Å². The maximum atomic E-state index is 11.8. The molecule has 0 atom stereocenters. The van der Waals surface area contributed by atoms with Crippen molar-refractivity contribution in [3.05, 3.63) is 63.7 Å². The van der Waals surface area contributed by atoms with E-state index < -0.39 is 28.3 Å². The molecule has 1 aromatic carbocycles. The van der Waals surface area contributed by atoms with Crippen molar-refractivity contribution in [2.75, 3.05) is 5.32 Å². The fourth-order valence-corrected chi connectivity index (χ4v) is 3.24. The minimum Gasteiger partial charge on any atom is -0.281 e. The van der Waals surface area contributed by atoms with Gasteiger partial charge in [0.25, 0.3) is 0 Å². The average molecular weight is 497 g/mol. The van der Waals surface area contributed by atoms with Crippen LogP contribution < -0.4 is 5.32 Å². The van der Waals surface area contributed by atoms with E-state index in [1.165, 1.54) is 12.1 Å². The second kappa shape index (κ2) is 10.5. The van der Waals surface area contributed by atoms with Crippen LogP contribution in [0.5, 0.6) is 0 Å². The lowest BCUT2D eigenvalue weighted by Crippen LogP contribution is -2.05. The highest BCUT2D eigenvalue weighted by Gasteiger charge is 2.29. The number of carbonyl (C=O) groups excluding carboxylic acids is 1. The lowest BCUT2D eigenvalue weighted by molar-refractivity contribution is -0.137. The standard InChI is InChI=1S/C9H4Cl2N4O3S2.C7H5F3/c10-6-1-4(2-7(11)13-6)5-3-19-9(12-5)14-8(16)15-20(17)18;8-7(9,10)6-4-2-1-3-5-6/h1-3H,(H,12,14,16);1-5H. The lowest BCUT2D eigenvalue weighted by atomic mass is 10.2. The highest BCUT2D eigenvalue weighted by atomic mass is 35.5. The van der Waals surface area contributed by atoms with Crippen LogP contribution >= 0.6 is 34.5 Å². The molecule has 0 saturated carbocycles. The van der Waals surface area contributed by atoms with Crippen molar-refractivity contribution in [1.82, 2.24) is 9.97 Å². The maximum Gasteiger partial charge on any atom is 0.416 e. The molecule has 0 aliphatic heterocycles. The SMILES string of the molecule is FC(F)(F)c1ccccc1.O=C(N=S(=O)=O)Nc1nc(-c2cc(Cl)nc(Cl)c2)cs1. The van der Waals surface area contributed by atoms with Gasteiger partial charge >= 0.3 is 22.7 Å². The van der Waals surface area contributed by atoms with Gasteiger partial charge in [0.1, 0.15) is 10.3 Å². The van der Waals surface area contributed by atoms with Gasteiger partial charge in [-0.3, -0.25) is 5.32 Å². The van der Waals surface area contributed by atoms with Gasteiger partial charge < -0.3 is 0 Å². The molecule has 0 unspecified atom stereocenters. The number of urea groups is 1. The largest absolute Gasteiger partial charge is 0.416 e. The zero-order chi connectivity index (χ0) is 22.3. The van der Waals surface area contributed by atoms with E-state index in [-0.39, 0.29) is 15.4 Å². The van der Waals surface area contributed by atoms with Crippen LogP contribution in [0.15, 0.2) is 52.2 Å². The van der Waals surface area contributed by atoms with E-state index in [4.69, 9.17) is 23.2 Å². The Morgan fingerprint density at radius 2 is 1.67 bits per heavy atom. The fraction of sp³-hybridized carbons (Fsp3) is 0.0625. The summed E-state index contributed by atoms with van der Waals surface area (Å²) in [5.41, 5.74) is 0.533. The van der Waals surface area contributed by atoms with Gasteiger partial charge in [-0.15, -0.1) is 11.3 Å². The first kappa shape index (κ1) is 23.7. The molecule has 158 valence electrons. The Hall–Kier alpha value is -2.54. The first-order chi connectivity index (χ1) is 14.0. The molecule has 7 nitrogen and oxygen atoms in total. The van der Waals surface area contributed by atoms with Crippen LogP contribution in [0.2, 0.25) is 10.3 Å². The van der Waals surface area contributed by atoms with Gasteiger partial charge in [-0.25, -0.2) is 14.8 Å². The smallest absolute Gasteiger partial charge is 0.281 e. The van der Waals surface area contributed by atoms with Crippen molar-refractivity contribution in [2.24, 2.45) is 4.36 Å². The van der Waals surface area contributed by atoms with Crippen LogP contribution in [0.3, 0.4) is 0 Å². The zero-order valence-corrected chi connectivity index (χ0v) is 17.5. The van der Waals surface area contributed by atoms with Crippen molar-refractivity contribution < 1.29 is 26.4 Å². The number of aromatic nitrogens is 2. The second-order valence-corrected chi connectivity index (χ2v) is 7.39. The van der Waals surface area contributed by atoms with Gasteiger partial charge in [0.15, 0.2) is 5.13 Å². The summed E-state index contributed by atoms with van der Waals surface area (Å²) in [6.07, 6.45) is -4.21. The summed E-state index contributed by atoms with van der Waals surface area (Å²) in [5, 5.41) is 4.48. The molecular formula is C16H9Cl2F3N4O3S2. The number of nitrogens with one attached hydrogen (secondary N) is 1. The molecule has 0 spiro atoms. The summed E-state index contributed by atoms with van der Waals surface area (Å²) in [7, 11) is -2.81. The summed E-state index contributed by atoms with van der Waals surface area (Å²) in [6, 6.07) is 8.46. The number of pyridine rings is 1. The number of halogens is 5. The quantitative estimate of drug-likeness (QED) is 0.450. The lowest BCUT2D eigenvalue weighted by Gasteiger charge is -2.03. The van der Waals surface area contributed by atoms with Crippen molar-refractivity contribution in [2.45, 2.75) is 6.18 Å². The highest BCUT2D eigenvalue weighted by Crippen LogP contribution is 2.29.